The van der Waals surface area contributed by atoms with E-state index in [0.717, 1.165) is 25.0 Å². The molecule has 0 rings (SSSR count). The Hall–Kier alpha value is 1.04. The van der Waals surface area contributed by atoms with Gasteiger partial charge in [0.25, 0.3) is 0 Å². The van der Waals surface area contributed by atoms with Crippen LogP contribution in [-0.2, 0) is 28.2 Å². The van der Waals surface area contributed by atoms with Crippen molar-refractivity contribution in [2.75, 3.05) is 13.2 Å². The normalized spacial score (nSPS) is 13.2. The smallest absolute Gasteiger partial charge is 0.0832 e. The first-order valence-electron chi connectivity index (χ1n) is 8.53. The second-order valence-electron chi connectivity index (χ2n) is 5.56. The van der Waals surface area contributed by atoms with E-state index in [1.807, 2.05) is 0 Å². The van der Waals surface area contributed by atoms with Crippen molar-refractivity contribution in [1.82, 2.24) is 0 Å². The molecule has 0 saturated heterocycles. The van der Waals surface area contributed by atoms with E-state index in [2.05, 4.69) is 55.3 Å². The minimum Gasteiger partial charge on any atom is -0.166 e. The van der Waals surface area contributed by atoms with Gasteiger partial charge in [-0.1, -0.05) is 0 Å². The largest absolute Gasteiger partial charge is 0.166 e. The Morgan fingerprint density at radius 3 is 1.41 bits per heavy atom. The van der Waals surface area contributed by atoms with Crippen LogP contribution in [0.4, 0.5) is 0 Å². The van der Waals surface area contributed by atoms with Crippen LogP contribution in [-0.4, -0.2) is 13.2 Å². The van der Waals surface area contributed by atoms with Gasteiger partial charge in [-0.25, -0.2) is 0 Å². The maximum absolute atomic E-state index is 5.75. The maximum Gasteiger partial charge on any atom is 0.0832 e. The summed E-state index contributed by atoms with van der Waals surface area (Å²) in [6, 6.07) is 0. The third kappa shape index (κ3) is 19.1. The van der Waals surface area contributed by atoms with Gasteiger partial charge in [-0.2, -0.15) is 3.84 Å². The molecular formula is C16H34Cl2O3V. The fourth-order valence-electron chi connectivity index (χ4n) is 2.11. The molecule has 0 aromatic rings. The molecule has 0 aromatic heterocycles. The summed E-state index contributed by atoms with van der Waals surface area (Å²) < 4.78 is 14.7. The molecule has 2 unspecified atom stereocenters. The Morgan fingerprint density at radius 2 is 1.14 bits per heavy atom. The molecule has 6 heteroatoms. The van der Waals surface area contributed by atoms with Gasteiger partial charge < -0.3 is 0 Å². The van der Waals surface area contributed by atoms with E-state index in [1.54, 1.807) is 0 Å². The van der Waals surface area contributed by atoms with Crippen LogP contribution < -0.4 is 0 Å². The number of hydrogen-bond acceptors (Lipinski definition) is 3. The fourth-order valence-corrected chi connectivity index (χ4v) is 3.07. The van der Waals surface area contributed by atoms with E-state index in [0.29, 0.717) is 0 Å². The van der Waals surface area contributed by atoms with E-state index in [9.17, 15) is 0 Å². The van der Waals surface area contributed by atoms with Crippen molar-refractivity contribution in [1.29, 1.82) is 0 Å². The predicted molar refractivity (Wildman–Crippen MR) is 91.3 cm³/mol. The molecular weight excluding hydrogens is 362 g/mol. The third-order valence-corrected chi connectivity index (χ3v) is 4.61. The van der Waals surface area contributed by atoms with Crippen molar-refractivity contribution in [3.05, 3.63) is 0 Å². The van der Waals surface area contributed by atoms with Crippen LogP contribution in [0.15, 0.2) is 0 Å². The zero-order valence-corrected chi connectivity index (χ0v) is 17.6. The summed E-state index contributed by atoms with van der Waals surface area (Å²) in [4.78, 5) is 0. The summed E-state index contributed by atoms with van der Waals surface area (Å²) in [6.07, 6.45) is 10.3. The summed E-state index contributed by atoms with van der Waals surface area (Å²) in [6.45, 7) is 10.8. The predicted octanol–water partition coefficient (Wildman–Crippen LogP) is 6.68. The molecule has 0 aliphatic heterocycles. The summed E-state index contributed by atoms with van der Waals surface area (Å²) >= 11 is 8.18. The van der Waals surface area contributed by atoms with Gasteiger partial charge in [0, 0.05) is 0 Å². The number of rotatable bonds is 14. The molecule has 0 amide bonds. The monoisotopic (exact) mass is 395 g/mol. The second kappa shape index (κ2) is 22.0. The van der Waals surface area contributed by atoms with Gasteiger partial charge in [-0.3, -0.25) is 0 Å². The SMILES string of the molecule is CCCCC(CC)C[O][V][O]CC(CC)CCCC.ClOCl. The topological polar surface area (TPSA) is 27.7 Å². The molecule has 22 heavy (non-hydrogen) atoms. The van der Waals surface area contributed by atoms with Gasteiger partial charge in [0.05, 0.1) is 23.7 Å². The molecule has 0 aliphatic rings. The van der Waals surface area contributed by atoms with Gasteiger partial charge >= 0.3 is 128 Å². The summed E-state index contributed by atoms with van der Waals surface area (Å²) in [7, 11) is 0. The molecule has 0 N–H and O–H groups in total. The molecule has 0 spiro atoms. The molecule has 0 aliphatic carbocycles. The van der Waals surface area contributed by atoms with Crippen molar-refractivity contribution >= 4 is 23.7 Å². The van der Waals surface area contributed by atoms with Crippen LogP contribution in [0.1, 0.15) is 79.1 Å². The van der Waals surface area contributed by atoms with Crippen molar-refractivity contribution in [2.24, 2.45) is 11.8 Å². The van der Waals surface area contributed by atoms with E-state index >= 15 is 0 Å². The number of hydrogen-bond donors (Lipinski definition) is 0. The van der Waals surface area contributed by atoms with Crippen molar-refractivity contribution in [3.8, 4) is 0 Å². The van der Waals surface area contributed by atoms with Crippen LogP contribution in [0.3, 0.4) is 0 Å². The minimum absolute atomic E-state index is 0.344. The van der Waals surface area contributed by atoms with E-state index < -0.39 is 0 Å². The first-order chi connectivity index (χ1) is 10.7. The van der Waals surface area contributed by atoms with Crippen LogP contribution in [0.2, 0.25) is 0 Å². The number of unbranched alkanes of at least 4 members (excludes halogenated alkanes) is 2. The number of halogens is 2. The fraction of sp³-hybridized carbons (Fsp3) is 1.00. The standard InChI is InChI=1S/2C8H17O.Cl2O.V/c2*1-3-5-6-8(4-2)7-9;1-3-2;/h2*8H,3-7H2,1-2H3;;/q2*-1;;+2. The average Bonchev–Trinajstić information content (AvgIpc) is 2.53. The van der Waals surface area contributed by atoms with E-state index in [4.69, 9.17) is 7.32 Å². The van der Waals surface area contributed by atoms with Gasteiger partial charge in [0.2, 0.25) is 0 Å². The Kier molecular flexibility index (Phi) is 25.3. The van der Waals surface area contributed by atoms with Crippen molar-refractivity contribution in [2.45, 2.75) is 79.1 Å². The Bertz CT molecular complexity index is 182. The van der Waals surface area contributed by atoms with Crippen LogP contribution in [0, 0.1) is 11.8 Å². The van der Waals surface area contributed by atoms with Crippen LogP contribution in [0.5, 0.6) is 0 Å². The van der Waals surface area contributed by atoms with Crippen molar-refractivity contribution in [3.63, 3.8) is 0 Å². The molecule has 0 heterocycles. The molecule has 135 valence electrons. The Morgan fingerprint density at radius 1 is 0.773 bits per heavy atom. The van der Waals surface area contributed by atoms with E-state index in [1.165, 1.54) is 51.4 Å². The summed E-state index contributed by atoms with van der Waals surface area (Å²) in [5.74, 6) is 1.47. The first kappa shape index (κ1) is 25.3. The zero-order chi connectivity index (χ0) is 17.1. The van der Waals surface area contributed by atoms with Gasteiger partial charge in [-0.15, -0.1) is 0 Å². The second-order valence-corrected chi connectivity index (χ2v) is 7.06. The Balaban J connectivity index is 0. The quantitative estimate of drug-likeness (QED) is 0.307. The van der Waals surface area contributed by atoms with Gasteiger partial charge in [0.1, 0.15) is 0 Å². The molecule has 2 atom stereocenters. The maximum atomic E-state index is 5.75. The third-order valence-electron chi connectivity index (χ3n) is 3.81. The van der Waals surface area contributed by atoms with Crippen LogP contribution in [0.25, 0.3) is 0 Å². The first-order valence-corrected chi connectivity index (χ1v) is 10.3. The molecule has 0 bridgehead atoms. The Labute approximate surface area is 155 Å². The van der Waals surface area contributed by atoms with Gasteiger partial charge in [-0.05, 0) is 0 Å². The zero-order valence-electron chi connectivity index (χ0n) is 14.7. The van der Waals surface area contributed by atoms with E-state index in [-0.39, 0.29) is 17.0 Å². The summed E-state index contributed by atoms with van der Waals surface area (Å²) in [5, 5.41) is 0. The van der Waals surface area contributed by atoms with Crippen molar-refractivity contribution < 1.29 is 28.2 Å². The van der Waals surface area contributed by atoms with Crippen LogP contribution >= 0.6 is 23.7 Å². The molecule has 3 nitrogen and oxygen atoms in total. The molecule has 0 aromatic carbocycles. The summed E-state index contributed by atoms with van der Waals surface area (Å²) in [5.41, 5.74) is 0. The molecule has 0 fully saturated rings. The molecule has 0 saturated carbocycles. The average molecular weight is 396 g/mol. The molecule has 0 radical (unpaired) electrons. The minimum atomic E-state index is -0.344. The van der Waals surface area contributed by atoms with Gasteiger partial charge in [0.15, 0.2) is 0 Å².